The van der Waals surface area contributed by atoms with Gasteiger partial charge in [0.05, 0.1) is 6.10 Å². The van der Waals surface area contributed by atoms with Gasteiger partial charge < -0.3 is 25.2 Å². The molecule has 1 aliphatic rings. The number of aromatic nitrogens is 1. The van der Waals surface area contributed by atoms with Crippen LogP contribution in [0.2, 0.25) is 0 Å². The quantitative estimate of drug-likeness (QED) is 0.267. The summed E-state index contributed by atoms with van der Waals surface area (Å²) in [6, 6.07) is 24.3. The highest BCUT2D eigenvalue weighted by atomic mass is 16.3. The van der Waals surface area contributed by atoms with Crippen LogP contribution in [-0.2, 0) is 0 Å². The highest BCUT2D eigenvalue weighted by Gasteiger charge is 2.18. The first-order chi connectivity index (χ1) is 19.4. The SMILES string of the molecule is C=Cn1cccc1C(=O)Nc1ccc(C(=O)c2ccc(NC(=O)c3ccc(N4CCC(O)CC4)cc3)cc2)cc1. The minimum Gasteiger partial charge on any atom is -0.393 e. The van der Waals surface area contributed by atoms with Crippen molar-refractivity contribution in [2.45, 2.75) is 18.9 Å². The summed E-state index contributed by atoms with van der Waals surface area (Å²) >= 11 is 0. The van der Waals surface area contributed by atoms with E-state index in [1.54, 1.807) is 89.8 Å². The van der Waals surface area contributed by atoms with E-state index in [1.807, 2.05) is 12.1 Å². The molecule has 202 valence electrons. The maximum Gasteiger partial charge on any atom is 0.272 e. The van der Waals surface area contributed by atoms with E-state index in [0.717, 1.165) is 31.6 Å². The van der Waals surface area contributed by atoms with Gasteiger partial charge in [-0.25, -0.2) is 0 Å². The van der Waals surface area contributed by atoms with E-state index in [9.17, 15) is 19.5 Å². The smallest absolute Gasteiger partial charge is 0.272 e. The summed E-state index contributed by atoms with van der Waals surface area (Å²) in [5.41, 5.74) is 4.13. The summed E-state index contributed by atoms with van der Waals surface area (Å²) in [7, 11) is 0. The second-order valence-corrected chi connectivity index (χ2v) is 9.64. The topological polar surface area (TPSA) is 104 Å². The van der Waals surface area contributed by atoms with Crippen molar-refractivity contribution in [3.05, 3.63) is 120 Å². The van der Waals surface area contributed by atoms with Gasteiger partial charge in [0.15, 0.2) is 5.78 Å². The van der Waals surface area contributed by atoms with Gasteiger partial charge in [0.25, 0.3) is 11.8 Å². The number of hydrogen-bond donors (Lipinski definition) is 3. The van der Waals surface area contributed by atoms with Crippen LogP contribution in [0.25, 0.3) is 6.20 Å². The maximum absolute atomic E-state index is 13.0. The number of nitrogens with one attached hydrogen (secondary N) is 2. The first kappa shape index (κ1) is 26.6. The molecule has 0 atom stereocenters. The molecule has 5 rings (SSSR count). The molecule has 2 heterocycles. The number of rotatable bonds is 8. The van der Waals surface area contributed by atoms with Crippen LogP contribution in [-0.4, -0.2) is 46.5 Å². The van der Waals surface area contributed by atoms with Crippen LogP contribution in [0.4, 0.5) is 17.1 Å². The molecule has 1 aliphatic heterocycles. The van der Waals surface area contributed by atoms with Gasteiger partial charge in [0.2, 0.25) is 0 Å². The monoisotopic (exact) mass is 534 g/mol. The summed E-state index contributed by atoms with van der Waals surface area (Å²) in [6.45, 7) is 5.27. The summed E-state index contributed by atoms with van der Waals surface area (Å²) in [6.07, 6.45) is 4.55. The Morgan fingerprint density at radius 2 is 1.27 bits per heavy atom. The molecule has 40 heavy (non-hydrogen) atoms. The highest BCUT2D eigenvalue weighted by Crippen LogP contribution is 2.22. The lowest BCUT2D eigenvalue weighted by molar-refractivity contribution is 0.101. The van der Waals surface area contributed by atoms with Crippen molar-refractivity contribution in [2.75, 3.05) is 28.6 Å². The van der Waals surface area contributed by atoms with Crippen LogP contribution in [0.15, 0.2) is 97.7 Å². The van der Waals surface area contributed by atoms with Gasteiger partial charge in [-0.05, 0) is 97.8 Å². The second-order valence-electron chi connectivity index (χ2n) is 9.64. The predicted molar refractivity (Wildman–Crippen MR) is 157 cm³/mol. The molecule has 0 saturated carbocycles. The van der Waals surface area contributed by atoms with Crippen molar-refractivity contribution in [1.29, 1.82) is 0 Å². The zero-order valence-corrected chi connectivity index (χ0v) is 21.9. The normalized spacial score (nSPS) is 13.5. The Hall–Kier alpha value is -4.95. The minimum atomic E-state index is -0.278. The standard InChI is InChI=1S/C32H30N4O4/c1-2-35-19-3-4-29(35)32(40)34-26-13-7-23(8-14-26)30(38)22-5-11-25(12-6-22)33-31(39)24-9-15-27(16-10-24)36-20-17-28(37)18-21-36/h2-16,19,28,37H,1,17-18,20-21H2,(H,33,39)(H,34,40). The van der Waals surface area contributed by atoms with Crippen LogP contribution < -0.4 is 15.5 Å². The Balaban J connectivity index is 1.17. The van der Waals surface area contributed by atoms with E-state index in [2.05, 4.69) is 22.1 Å². The third-order valence-electron chi connectivity index (χ3n) is 6.98. The lowest BCUT2D eigenvalue weighted by atomic mass is 10.0. The number of ketones is 1. The summed E-state index contributed by atoms with van der Waals surface area (Å²) in [4.78, 5) is 40.4. The lowest BCUT2D eigenvalue weighted by Crippen LogP contribution is -2.35. The number of aliphatic hydroxyl groups is 1. The Morgan fingerprint density at radius 3 is 1.82 bits per heavy atom. The Morgan fingerprint density at radius 1 is 0.750 bits per heavy atom. The van der Waals surface area contributed by atoms with E-state index in [4.69, 9.17) is 0 Å². The number of carbonyl (C=O) groups is 3. The molecule has 1 fully saturated rings. The third kappa shape index (κ3) is 6.03. The Bertz CT molecular complexity index is 1510. The van der Waals surface area contributed by atoms with E-state index in [1.165, 1.54) is 0 Å². The molecule has 8 nitrogen and oxygen atoms in total. The van der Waals surface area contributed by atoms with Crippen molar-refractivity contribution < 1.29 is 19.5 Å². The molecule has 4 aromatic rings. The van der Waals surface area contributed by atoms with Gasteiger partial charge in [-0.1, -0.05) is 6.58 Å². The van der Waals surface area contributed by atoms with Gasteiger partial charge in [0, 0.05) is 59.2 Å². The molecule has 1 aromatic heterocycles. The molecule has 0 spiro atoms. The lowest BCUT2D eigenvalue weighted by Gasteiger charge is -2.31. The minimum absolute atomic E-state index is 0.169. The number of aliphatic hydroxyl groups excluding tert-OH is 1. The molecule has 3 aromatic carbocycles. The molecule has 3 N–H and O–H groups in total. The van der Waals surface area contributed by atoms with Crippen LogP contribution in [0.1, 0.15) is 49.6 Å². The fourth-order valence-electron chi connectivity index (χ4n) is 4.67. The van der Waals surface area contributed by atoms with Crippen molar-refractivity contribution in [1.82, 2.24) is 4.57 Å². The number of anilines is 3. The van der Waals surface area contributed by atoms with Gasteiger partial charge in [-0.2, -0.15) is 0 Å². The number of benzene rings is 3. The van der Waals surface area contributed by atoms with E-state index < -0.39 is 0 Å². The predicted octanol–water partition coefficient (Wildman–Crippen LogP) is 5.29. The van der Waals surface area contributed by atoms with E-state index in [-0.39, 0.29) is 23.7 Å². The summed E-state index contributed by atoms with van der Waals surface area (Å²) < 4.78 is 1.62. The fourth-order valence-corrected chi connectivity index (χ4v) is 4.67. The molecular weight excluding hydrogens is 504 g/mol. The van der Waals surface area contributed by atoms with Crippen LogP contribution in [0, 0.1) is 0 Å². The van der Waals surface area contributed by atoms with E-state index >= 15 is 0 Å². The van der Waals surface area contributed by atoms with Crippen molar-refractivity contribution in [3.8, 4) is 0 Å². The number of amides is 2. The molecule has 0 aliphatic carbocycles. The van der Waals surface area contributed by atoms with Gasteiger partial charge >= 0.3 is 0 Å². The molecule has 8 heteroatoms. The number of hydrogen-bond acceptors (Lipinski definition) is 5. The largest absolute Gasteiger partial charge is 0.393 e. The summed E-state index contributed by atoms with van der Waals surface area (Å²) in [5.74, 6) is -0.685. The van der Waals surface area contributed by atoms with E-state index in [0.29, 0.717) is 33.8 Å². The van der Waals surface area contributed by atoms with Crippen LogP contribution >= 0.6 is 0 Å². The van der Waals surface area contributed by atoms with Crippen LogP contribution in [0.5, 0.6) is 0 Å². The fraction of sp³-hybridized carbons (Fsp3) is 0.156. The number of carbonyl (C=O) groups excluding carboxylic acids is 3. The molecule has 0 radical (unpaired) electrons. The second kappa shape index (κ2) is 11.8. The van der Waals surface area contributed by atoms with Crippen molar-refractivity contribution >= 4 is 40.9 Å². The summed E-state index contributed by atoms with van der Waals surface area (Å²) in [5, 5.41) is 15.4. The average molecular weight is 535 g/mol. The first-order valence-electron chi connectivity index (χ1n) is 13.1. The van der Waals surface area contributed by atoms with Crippen molar-refractivity contribution in [3.63, 3.8) is 0 Å². The maximum atomic E-state index is 13.0. The molecule has 2 amide bonds. The highest BCUT2D eigenvalue weighted by molar-refractivity contribution is 6.10. The molecule has 0 bridgehead atoms. The molecule has 1 saturated heterocycles. The Kier molecular flexibility index (Phi) is 7.89. The van der Waals surface area contributed by atoms with Crippen LogP contribution in [0.3, 0.4) is 0 Å². The average Bonchev–Trinajstić information content (AvgIpc) is 3.47. The van der Waals surface area contributed by atoms with Gasteiger partial charge in [-0.15, -0.1) is 0 Å². The third-order valence-corrected chi connectivity index (χ3v) is 6.98. The zero-order valence-electron chi connectivity index (χ0n) is 21.9. The Labute approximate surface area is 232 Å². The van der Waals surface area contributed by atoms with Gasteiger partial charge in [0.1, 0.15) is 5.69 Å². The number of piperidine rings is 1. The first-order valence-corrected chi connectivity index (χ1v) is 13.1. The van der Waals surface area contributed by atoms with Crippen molar-refractivity contribution in [2.24, 2.45) is 0 Å². The van der Waals surface area contributed by atoms with Gasteiger partial charge in [-0.3, -0.25) is 14.4 Å². The molecular formula is C32H30N4O4. The zero-order chi connectivity index (χ0) is 28.1. The molecule has 0 unspecified atom stereocenters. The number of nitrogens with zero attached hydrogens (tertiary/aromatic N) is 2.